The van der Waals surface area contributed by atoms with Crippen LogP contribution >= 0.6 is 11.8 Å². The first-order valence-corrected chi connectivity index (χ1v) is 4.25. The fourth-order valence-corrected chi connectivity index (χ4v) is 1.33. The molecule has 0 saturated heterocycles. The maximum Gasteiger partial charge on any atom is 0.393 e. The molecule has 0 radical (unpaired) electrons. The lowest BCUT2D eigenvalue weighted by Crippen LogP contribution is -2.23. The van der Waals surface area contributed by atoms with E-state index in [2.05, 4.69) is 4.98 Å². The van der Waals surface area contributed by atoms with Gasteiger partial charge in [0.25, 0.3) is 0 Å². The molecule has 0 aromatic carbocycles. The molecule has 0 aliphatic heterocycles. The van der Waals surface area contributed by atoms with Gasteiger partial charge in [0.1, 0.15) is 0 Å². The van der Waals surface area contributed by atoms with Crippen LogP contribution in [0.15, 0.2) is 23.4 Å². The second-order valence-corrected chi connectivity index (χ2v) is 3.49. The van der Waals surface area contributed by atoms with Crippen molar-refractivity contribution in [2.75, 3.05) is 5.73 Å². The topological polar surface area (TPSA) is 76.2 Å². The lowest BCUT2D eigenvalue weighted by Gasteiger charge is -2.11. The Hall–Kier alpha value is -1.37. The number of carboxylic acid groups (broad SMARTS) is 1. The van der Waals surface area contributed by atoms with Crippen LogP contribution in [0.25, 0.3) is 0 Å². The maximum absolute atomic E-state index is 12.7. The molecule has 1 aromatic rings. The minimum atomic E-state index is -3.88. The van der Waals surface area contributed by atoms with Gasteiger partial charge in [0.15, 0.2) is 0 Å². The molecule has 14 heavy (non-hydrogen) atoms. The molecule has 7 heteroatoms. The van der Waals surface area contributed by atoms with E-state index in [0.717, 1.165) is 0 Å². The lowest BCUT2D eigenvalue weighted by atomic mass is 10.4. The predicted molar refractivity (Wildman–Crippen MR) is 47.1 cm³/mol. The Morgan fingerprint density at radius 3 is 2.79 bits per heavy atom. The Bertz CT molecular complexity index is 359. The summed E-state index contributed by atoms with van der Waals surface area (Å²) in [6, 6.07) is 1.23. The molecule has 0 fully saturated rings. The molecular weight excluding hydrogens is 214 g/mol. The van der Waals surface area contributed by atoms with Crippen LogP contribution in [-0.4, -0.2) is 21.3 Å². The molecule has 76 valence electrons. The Labute approximate surface area is 82.1 Å². The van der Waals surface area contributed by atoms with Gasteiger partial charge in [-0.2, -0.15) is 8.78 Å². The SMILES string of the molecule is Nc1cnccc1SC(F)(F)C(=O)O. The number of alkyl halides is 2. The summed E-state index contributed by atoms with van der Waals surface area (Å²) in [5.41, 5.74) is 5.34. The highest BCUT2D eigenvalue weighted by molar-refractivity contribution is 8.01. The number of carboxylic acids is 1. The van der Waals surface area contributed by atoms with Crippen molar-refractivity contribution in [3.05, 3.63) is 18.5 Å². The summed E-state index contributed by atoms with van der Waals surface area (Å²) in [7, 11) is 0. The second-order valence-electron chi connectivity index (χ2n) is 2.34. The van der Waals surface area contributed by atoms with E-state index in [9.17, 15) is 13.6 Å². The van der Waals surface area contributed by atoms with Crippen molar-refractivity contribution in [2.24, 2.45) is 0 Å². The first-order chi connectivity index (χ1) is 6.43. The zero-order valence-electron chi connectivity index (χ0n) is 6.78. The number of carbonyl (C=O) groups is 1. The molecule has 0 amide bonds. The van der Waals surface area contributed by atoms with Crippen LogP contribution in [0.4, 0.5) is 14.5 Å². The van der Waals surface area contributed by atoms with Gasteiger partial charge in [0.2, 0.25) is 0 Å². The third-order valence-corrected chi connectivity index (χ3v) is 2.32. The van der Waals surface area contributed by atoms with Crippen molar-refractivity contribution >= 4 is 23.4 Å². The number of nitrogen functional groups attached to an aromatic ring is 1. The van der Waals surface area contributed by atoms with Crippen LogP contribution in [0.3, 0.4) is 0 Å². The summed E-state index contributed by atoms with van der Waals surface area (Å²) in [6.45, 7) is 0. The normalized spacial score (nSPS) is 11.3. The number of thioether (sulfide) groups is 1. The summed E-state index contributed by atoms with van der Waals surface area (Å²) in [6.07, 6.45) is 2.44. The van der Waals surface area contributed by atoms with E-state index in [0.29, 0.717) is 0 Å². The molecule has 0 atom stereocenters. The molecule has 1 rings (SSSR count). The molecule has 0 spiro atoms. The highest BCUT2D eigenvalue weighted by Gasteiger charge is 2.40. The van der Waals surface area contributed by atoms with E-state index in [1.807, 2.05) is 0 Å². The van der Waals surface area contributed by atoms with Gasteiger partial charge in [0, 0.05) is 11.1 Å². The fraction of sp³-hybridized carbons (Fsp3) is 0.143. The number of hydrogen-bond donors (Lipinski definition) is 2. The van der Waals surface area contributed by atoms with Crippen molar-refractivity contribution in [3.8, 4) is 0 Å². The highest BCUT2D eigenvalue weighted by Crippen LogP contribution is 2.38. The van der Waals surface area contributed by atoms with Gasteiger partial charge in [-0.15, -0.1) is 0 Å². The van der Waals surface area contributed by atoms with Crippen LogP contribution in [0, 0.1) is 0 Å². The molecule has 0 aliphatic carbocycles. The molecule has 1 heterocycles. The van der Waals surface area contributed by atoms with Gasteiger partial charge >= 0.3 is 11.2 Å². The zero-order chi connectivity index (χ0) is 10.8. The summed E-state index contributed by atoms with van der Waals surface area (Å²) >= 11 is -0.117. The number of rotatable bonds is 3. The largest absolute Gasteiger partial charge is 0.476 e. The molecule has 0 aliphatic rings. The molecule has 0 unspecified atom stereocenters. The number of anilines is 1. The van der Waals surface area contributed by atoms with Gasteiger partial charge in [-0.05, 0) is 17.8 Å². The van der Waals surface area contributed by atoms with Crippen molar-refractivity contribution in [2.45, 2.75) is 10.2 Å². The second kappa shape index (κ2) is 3.79. The smallest absolute Gasteiger partial charge is 0.393 e. The zero-order valence-corrected chi connectivity index (χ0v) is 7.59. The third-order valence-electron chi connectivity index (χ3n) is 1.30. The van der Waals surface area contributed by atoms with Crippen LogP contribution in [0.2, 0.25) is 0 Å². The number of halogens is 2. The van der Waals surface area contributed by atoms with Crippen LogP contribution in [-0.2, 0) is 4.79 Å². The van der Waals surface area contributed by atoms with Crippen molar-refractivity contribution in [1.29, 1.82) is 0 Å². The molecule has 1 aromatic heterocycles. The molecular formula is C7H6F2N2O2S. The van der Waals surface area contributed by atoms with E-state index < -0.39 is 11.2 Å². The number of nitrogens with zero attached hydrogens (tertiary/aromatic N) is 1. The minimum Gasteiger partial charge on any atom is -0.476 e. The summed E-state index contributed by atoms with van der Waals surface area (Å²) in [5.74, 6) is -2.20. The van der Waals surface area contributed by atoms with Gasteiger partial charge in [-0.1, -0.05) is 0 Å². The third kappa shape index (κ3) is 2.32. The number of hydrogen-bond acceptors (Lipinski definition) is 4. The van der Waals surface area contributed by atoms with Gasteiger partial charge in [-0.25, -0.2) is 4.79 Å². The average Bonchev–Trinajstić information content (AvgIpc) is 2.08. The highest BCUT2D eigenvalue weighted by atomic mass is 32.2. The van der Waals surface area contributed by atoms with E-state index in [4.69, 9.17) is 10.8 Å². The van der Waals surface area contributed by atoms with Gasteiger partial charge < -0.3 is 10.8 Å². The number of aliphatic carboxylic acids is 1. The number of aromatic nitrogens is 1. The monoisotopic (exact) mass is 220 g/mol. The van der Waals surface area contributed by atoms with E-state index in [1.165, 1.54) is 18.5 Å². The molecule has 4 nitrogen and oxygen atoms in total. The standard InChI is InChI=1S/C7H6F2N2O2S/c8-7(9,6(12)13)14-5-1-2-11-3-4(5)10/h1-3H,10H2,(H,12,13). The Kier molecular flexibility index (Phi) is 2.90. The van der Waals surface area contributed by atoms with Crippen LogP contribution in [0.1, 0.15) is 0 Å². The first-order valence-electron chi connectivity index (χ1n) is 3.43. The van der Waals surface area contributed by atoms with Crippen molar-refractivity contribution in [3.63, 3.8) is 0 Å². The minimum absolute atomic E-state index is 0.00704. The van der Waals surface area contributed by atoms with Crippen LogP contribution in [0.5, 0.6) is 0 Å². The summed E-state index contributed by atoms with van der Waals surface area (Å²) in [4.78, 5) is 13.7. The number of nitrogens with two attached hydrogens (primary N) is 1. The Morgan fingerprint density at radius 1 is 1.64 bits per heavy atom. The molecule has 0 bridgehead atoms. The molecule has 3 N–H and O–H groups in total. The van der Waals surface area contributed by atoms with E-state index >= 15 is 0 Å². The van der Waals surface area contributed by atoms with E-state index in [-0.39, 0.29) is 22.3 Å². The van der Waals surface area contributed by atoms with Crippen LogP contribution < -0.4 is 5.73 Å². The lowest BCUT2D eigenvalue weighted by molar-refractivity contribution is -0.152. The molecule has 0 saturated carbocycles. The Morgan fingerprint density at radius 2 is 2.29 bits per heavy atom. The number of pyridine rings is 1. The van der Waals surface area contributed by atoms with Crippen molar-refractivity contribution in [1.82, 2.24) is 4.98 Å². The quantitative estimate of drug-likeness (QED) is 0.753. The summed E-state index contributed by atoms with van der Waals surface area (Å²) < 4.78 is 25.4. The fourth-order valence-electron chi connectivity index (χ4n) is 0.669. The Balaban J connectivity index is 2.89. The van der Waals surface area contributed by atoms with Gasteiger partial charge in [-0.3, -0.25) is 4.98 Å². The average molecular weight is 220 g/mol. The van der Waals surface area contributed by atoms with Crippen molar-refractivity contribution < 1.29 is 18.7 Å². The predicted octanol–water partition coefficient (Wildman–Crippen LogP) is 1.43. The maximum atomic E-state index is 12.7. The van der Waals surface area contributed by atoms with Gasteiger partial charge in [0.05, 0.1) is 11.9 Å². The summed E-state index contributed by atoms with van der Waals surface area (Å²) in [5, 5.41) is 4.29. The first kappa shape index (κ1) is 10.7. The van der Waals surface area contributed by atoms with E-state index in [1.54, 1.807) is 0 Å².